The molecule has 0 unspecified atom stereocenters. The van der Waals surface area contributed by atoms with E-state index in [9.17, 15) is 9.59 Å². The molecule has 4 bridgehead atoms. The molecular formula is C28H28N2O3S. The van der Waals surface area contributed by atoms with Crippen molar-refractivity contribution in [3.8, 4) is 11.1 Å². The van der Waals surface area contributed by atoms with Crippen molar-refractivity contribution >= 4 is 39.9 Å². The normalized spacial score (nSPS) is 27.0. The fourth-order valence-electron chi connectivity index (χ4n) is 7.21. The summed E-state index contributed by atoms with van der Waals surface area (Å²) in [6, 6.07) is 16.7. The van der Waals surface area contributed by atoms with Gasteiger partial charge < -0.3 is 15.1 Å². The second-order valence-electron chi connectivity index (χ2n) is 10.7. The highest BCUT2D eigenvalue weighted by molar-refractivity contribution is 7.80. The SMILES string of the molecule is O=C(CC12CC3CC(CC(C3)C1)C2)NC(=S)Nc1cccc(-c2cc3ccccc3oc2=O)c1. The molecule has 5 nitrogen and oxygen atoms in total. The minimum Gasteiger partial charge on any atom is -0.422 e. The summed E-state index contributed by atoms with van der Waals surface area (Å²) in [5.74, 6) is 2.46. The van der Waals surface area contributed by atoms with Gasteiger partial charge in [-0.3, -0.25) is 4.79 Å². The van der Waals surface area contributed by atoms with Crippen molar-refractivity contribution in [2.75, 3.05) is 5.32 Å². The molecule has 1 amide bonds. The molecule has 2 N–H and O–H groups in total. The number of hydrogen-bond acceptors (Lipinski definition) is 4. The summed E-state index contributed by atoms with van der Waals surface area (Å²) in [6.45, 7) is 0. The van der Waals surface area contributed by atoms with Gasteiger partial charge in [-0.1, -0.05) is 30.3 Å². The smallest absolute Gasteiger partial charge is 0.344 e. The Morgan fingerprint density at radius 3 is 2.41 bits per heavy atom. The van der Waals surface area contributed by atoms with Crippen molar-refractivity contribution in [3.05, 3.63) is 65.0 Å². The summed E-state index contributed by atoms with van der Waals surface area (Å²) in [5.41, 5.74) is 2.28. The number of benzene rings is 2. The van der Waals surface area contributed by atoms with Crippen LogP contribution in [0, 0.1) is 23.2 Å². The number of nitrogens with one attached hydrogen (secondary N) is 2. The van der Waals surface area contributed by atoms with Crippen LogP contribution in [0.5, 0.6) is 0 Å². The highest BCUT2D eigenvalue weighted by Crippen LogP contribution is 2.61. The van der Waals surface area contributed by atoms with Crippen LogP contribution in [-0.4, -0.2) is 11.0 Å². The van der Waals surface area contributed by atoms with Gasteiger partial charge in [0, 0.05) is 17.5 Å². The molecule has 174 valence electrons. The largest absolute Gasteiger partial charge is 0.422 e. The summed E-state index contributed by atoms with van der Waals surface area (Å²) in [4.78, 5) is 25.4. The summed E-state index contributed by atoms with van der Waals surface area (Å²) < 4.78 is 5.48. The average molecular weight is 473 g/mol. The maximum atomic E-state index is 12.9. The molecule has 1 heterocycles. The van der Waals surface area contributed by atoms with E-state index in [1.165, 1.54) is 38.5 Å². The lowest BCUT2D eigenvalue weighted by Gasteiger charge is -2.56. The third kappa shape index (κ3) is 4.16. The first-order valence-corrected chi connectivity index (χ1v) is 12.6. The van der Waals surface area contributed by atoms with Crippen molar-refractivity contribution in [2.45, 2.75) is 44.9 Å². The van der Waals surface area contributed by atoms with Crippen molar-refractivity contribution in [1.29, 1.82) is 0 Å². The molecule has 7 rings (SSSR count). The van der Waals surface area contributed by atoms with Gasteiger partial charge in [0.1, 0.15) is 5.58 Å². The number of anilines is 1. The van der Waals surface area contributed by atoms with Gasteiger partial charge in [0.05, 0.1) is 5.56 Å². The first-order valence-electron chi connectivity index (χ1n) is 12.2. The van der Waals surface area contributed by atoms with Gasteiger partial charge >= 0.3 is 5.63 Å². The number of fused-ring (bicyclic) bond motifs is 1. The Kier molecular flexibility index (Phi) is 5.29. The van der Waals surface area contributed by atoms with Crippen molar-refractivity contribution in [3.63, 3.8) is 0 Å². The molecule has 0 aliphatic heterocycles. The Labute approximate surface area is 203 Å². The maximum Gasteiger partial charge on any atom is 0.344 e. The van der Waals surface area contributed by atoms with Crippen LogP contribution in [0.2, 0.25) is 0 Å². The fourth-order valence-corrected chi connectivity index (χ4v) is 7.44. The number of carbonyl (C=O) groups is 1. The molecule has 6 heteroatoms. The number of para-hydroxylation sites is 1. The standard InChI is InChI=1S/C28H28N2O3S/c31-25(16-28-13-17-8-18(14-28)10-19(9-17)15-28)30-27(34)29-22-6-3-5-20(11-22)23-12-21-4-1-2-7-24(21)33-26(23)32/h1-7,11-12,17-19H,8-10,13-16H2,(H2,29,30,31,34). The zero-order valence-electron chi connectivity index (χ0n) is 19.0. The van der Waals surface area contributed by atoms with Crippen molar-refractivity contribution < 1.29 is 9.21 Å². The van der Waals surface area contributed by atoms with E-state index in [1.54, 1.807) is 6.07 Å². The van der Waals surface area contributed by atoms with Crippen LogP contribution in [0.3, 0.4) is 0 Å². The number of rotatable bonds is 4. The fraction of sp³-hybridized carbons (Fsp3) is 0.393. The topological polar surface area (TPSA) is 71.3 Å². The van der Waals surface area contributed by atoms with Crippen LogP contribution in [-0.2, 0) is 4.79 Å². The Hall–Kier alpha value is -2.99. The lowest BCUT2D eigenvalue weighted by molar-refractivity contribution is -0.127. The molecule has 4 fully saturated rings. The van der Waals surface area contributed by atoms with Gasteiger partial charge in [0.15, 0.2) is 5.11 Å². The number of hydrogen-bond donors (Lipinski definition) is 2. The highest BCUT2D eigenvalue weighted by Gasteiger charge is 2.51. The average Bonchev–Trinajstić information content (AvgIpc) is 2.77. The Bertz CT molecular complexity index is 1310. The van der Waals surface area contributed by atoms with E-state index in [1.807, 2.05) is 48.5 Å². The van der Waals surface area contributed by atoms with E-state index in [-0.39, 0.29) is 22.1 Å². The van der Waals surface area contributed by atoms with E-state index < -0.39 is 0 Å². The van der Waals surface area contributed by atoms with E-state index in [2.05, 4.69) is 10.6 Å². The zero-order valence-corrected chi connectivity index (χ0v) is 19.8. The Morgan fingerprint density at radius 1 is 0.971 bits per heavy atom. The summed E-state index contributed by atoms with van der Waals surface area (Å²) >= 11 is 5.45. The number of thiocarbonyl (C=S) groups is 1. The van der Waals surface area contributed by atoms with Crippen LogP contribution in [0.25, 0.3) is 22.1 Å². The first-order chi connectivity index (χ1) is 16.4. The summed E-state index contributed by atoms with van der Waals surface area (Å²) in [6.07, 6.45) is 8.26. The van der Waals surface area contributed by atoms with Gasteiger partial charge in [0.25, 0.3) is 0 Å². The Balaban J connectivity index is 1.13. The maximum absolute atomic E-state index is 12.9. The lowest BCUT2D eigenvalue weighted by Crippen LogP contribution is -2.48. The molecule has 2 aromatic carbocycles. The number of carbonyl (C=O) groups excluding carboxylic acids is 1. The molecule has 1 aromatic heterocycles. The van der Waals surface area contributed by atoms with E-state index >= 15 is 0 Å². The number of amides is 1. The van der Waals surface area contributed by atoms with Gasteiger partial charge in [-0.15, -0.1) is 0 Å². The predicted octanol–water partition coefficient (Wildman–Crippen LogP) is 5.88. The molecular weight excluding hydrogens is 444 g/mol. The second kappa shape index (κ2) is 8.35. The van der Waals surface area contributed by atoms with Crippen LogP contribution >= 0.6 is 12.2 Å². The van der Waals surface area contributed by atoms with Crippen molar-refractivity contribution in [1.82, 2.24) is 5.32 Å². The van der Waals surface area contributed by atoms with E-state index in [0.29, 0.717) is 23.3 Å². The monoisotopic (exact) mass is 472 g/mol. The first kappa shape index (κ1) is 21.5. The summed E-state index contributed by atoms with van der Waals surface area (Å²) in [7, 11) is 0. The van der Waals surface area contributed by atoms with Gasteiger partial charge in [-0.05, 0) is 104 Å². The van der Waals surface area contributed by atoms with Crippen LogP contribution in [0.4, 0.5) is 5.69 Å². The minimum absolute atomic E-state index is 0.00535. The second-order valence-corrected chi connectivity index (χ2v) is 11.1. The van der Waals surface area contributed by atoms with Gasteiger partial charge in [-0.2, -0.15) is 0 Å². The quantitative estimate of drug-likeness (QED) is 0.367. The molecule has 0 atom stereocenters. The molecule has 0 radical (unpaired) electrons. The third-order valence-corrected chi connectivity index (χ3v) is 8.23. The predicted molar refractivity (Wildman–Crippen MR) is 138 cm³/mol. The van der Waals surface area contributed by atoms with Crippen molar-refractivity contribution in [2.24, 2.45) is 23.2 Å². The van der Waals surface area contributed by atoms with E-state index in [0.717, 1.165) is 28.7 Å². The molecule has 0 spiro atoms. The van der Waals surface area contributed by atoms with Gasteiger partial charge in [-0.25, -0.2) is 4.79 Å². The zero-order chi connectivity index (χ0) is 23.3. The molecule has 4 aliphatic carbocycles. The molecule has 0 saturated heterocycles. The lowest BCUT2D eigenvalue weighted by atomic mass is 9.49. The Morgan fingerprint density at radius 2 is 1.68 bits per heavy atom. The molecule has 4 saturated carbocycles. The summed E-state index contributed by atoms with van der Waals surface area (Å²) in [5, 5.41) is 7.17. The molecule has 34 heavy (non-hydrogen) atoms. The minimum atomic E-state index is -0.387. The van der Waals surface area contributed by atoms with Crippen LogP contribution in [0.15, 0.2) is 63.8 Å². The van der Waals surface area contributed by atoms with Gasteiger partial charge in [0.2, 0.25) is 5.91 Å². The molecule has 4 aliphatic rings. The van der Waals surface area contributed by atoms with E-state index in [4.69, 9.17) is 16.6 Å². The highest BCUT2D eigenvalue weighted by atomic mass is 32.1. The molecule has 3 aromatic rings. The van der Waals surface area contributed by atoms with Crippen LogP contribution in [0.1, 0.15) is 44.9 Å². The third-order valence-electron chi connectivity index (χ3n) is 8.03. The van der Waals surface area contributed by atoms with Crippen LogP contribution < -0.4 is 16.3 Å².